The Kier molecular flexibility index (Phi) is 5.80. The summed E-state index contributed by atoms with van der Waals surface area (Å²) in [4.78, 5) is 15.5. The number of hydrogen-bond donors (Lipinski definition) is 1. The number of imidazole rings is 1. The lowest BCUT2D eigenvalue weighted by atomic mass is 9.92. The Hall–Kier alpha value is -3.34. The van der Waals surface area contributed by atoms with Crippen molar-refractivity contribution in [3.05, 3.63) is 42.6 Å². The molecule has 1 saturated heterocycles. The molecule has 4 heterocycles. The summed E-state index contributed by atoms with van der Waals surface area (Å²) in [7, 11) is 0.703. The van der Waals surface area contributed by atoms with Gasteiger partial charge >= 0.3 is 0 Å². The number of benzene rings is 1. The molecule has 180 valence electrons. The number of rotatable bonds is 5. The third-order valence-electron chi connectivity index (χ3n) is 6.55. The fraction of sp³-hybridized carbons (Fsp3) is 0.435. The number of methoxy groups -OCH3 is 1. The largest absolute Gasteiger partial charge is 0.494 e. The zero-order valence-corrected chi connectivity index (χ0v) is 20.2. The van der Waals surface area contributed by atoms with Crippen molar-refractivity contribution >= 4 is 27.3 Å². The van der Waals surface area contributed by atoms with Gasteiger partial charge in [-0.15, -0.1) is 0 Å². The third-order valence-corrected chi connectivity index (χ3v) is 8.26. The number of anilines is 3. The lowest BCUT2D eigenvalue weighted by Crippen LogP contribution is -2.48. The molecule has 0 spiro atoms. The third kappa shape index (κ3) is 4.39. The van der Waals surface area contributed by atoms with Crippen LogP contribution in [0, 0.1) is 12.8 Å². The lowest BCUT2D eigenvalue weighted by molar-refractivity contribution is 0.213. The fourth-order valence-electron chi connectivity index (χ4n) is 4.62. The standard InChI is InChI=1S/C23H28N6O4S/c1-15-12-29(14-25-15)18-5-4-17(10-20(18)32-3)26-23-24-11-21-22(27-23)28(2)19(13-33-21)16-6-8-34(30,31)9-7-16/h4-5,10-12,14,16,19H,6-9,13H2,1-3H3,(H,24,26,27). The van der Waals surface area contributed by atoms with Crippen LogP contribution in [0.1, 0.15) is 18.5 Å². The van der Waals surface area contributed by atoms with Gasteiger partial charge in [0.2, 0.25) is 5.95 Å². The maximum absolute atomic E-state index is 11.8. The van der Waals surface area contributed by atoms with E-state index in [0.717, 1.165) is 17.1 Å². The van der Waals surface area contributed by atoms with E-state index in [-0.39, 0.29) is 23.5 Å². The summed E-state index contributed by atoms with van der Waals surface area (Å²) in [6.45, 7) is 2.44. The van der Waals surface area contributed by atoms with Crippen molar-refractivity contribution in [2.75, 3.05) is 42.5 Å². The maximum Gasteiger partial charge on any atom is 0.229 e. The van der Waals surface area contributed by atoms with Gasteiger partial charge in [0.15, 0.2) is 11.6 Å². The summed E-state index contributed by atoms with van der Waals surface area (Å²) in [6.07, 6.45) is 6.65. The second kappa shape index (κ2) is 8.79. The van der Waals surface area contributed by atoms with Crippen molar-refractivity contribution in [1.29, 1.82) is 0 Å². The molecule has 2 aromatic heterocycles. The van der Waals surface area contributed by atoms with E-state index in [1.54, 1.807) is 19.6 Å². The fourth-order valence-corrected chi connectivity index (χ4v) is 6.14. The van der Waals surface area contributed by atoms with Crippen molar-refractivity contribution in [2.45, 2.75) is 25.8 Å². The van der Waals surface area contributed by atoms with Gasteiger partial charge in [0, 0.05) is 25.0 Å². The predicted molar refractivity (Wildman–Crippen MR) is 129 cm³/mol. The van der Waals surface area contributed by atoms with Gasteiger partial charge in [-0.25, -0.2) is 18.4 Å². The van der Waals surface area contributed by atoms with Crippen LogP contribution < -0.4 is 19.7 Å². The number of fused-ring (bicyclic) bond motifs is 1. The molecule has 10 nitrogen and oxygen atoms in total. The molecular formula is C23H28N6O4S. The average molecular weight is 485 g/mol. The van der Waals surface area contributed by atoms with Gasteiger partial charge in [-0.2, -0.15) is 4.98 Å². The first kappa shape index (κ1) is 22.5. The Morgan fingerprint density at radius 3 is 2.71 bits per heavy atom. The van der Waals surface area contributed by atoms with Gasteiger partial charge in [-0.05, 0) is 37.8 Å². The molecule has 2 aliphatic rings. The van der Waals surface area contributed by atoms with E-state index in [1.165, 1.54) is 0 Å². The van der Waals surface area contributed by atoms with Gasteiger partial charge in [0.05, 0.1) is 48.6 Å². The summed E-state index contributed by atoms with van der Waals surface area (Å²) < 4.78 is 37.1. The zero-order valence-electron chi connectivity index (χ0n) is 19.4. The molecule has 3 aromatic rings. The molecule has 0 radical (unpaired) electrons. The van der Waals surface area contributed by atoms with E-state index in [0.29, 0.717) is 42.7 Å². The molecule has 11 heteroatoms. The van der Waals surface area contributed by atoms with Crippen LogP contribution in [0.4, 0.5) is 17.5 Å². The van der Waals surface area contributed by atoms with Gasteiger partial charge in [-0.3, -0.25) is 0 Å². The first-order valence-corrected chi connectivity index (χ1v) is 13.0. The average Bonchev–Trinajstić information content (AvgIpc) is 3.26. The summed E-state index contributed by atoms with van der Waals surface area (Å²) in [5.41, 5.74) is 2.59. The highest BCUT2D eigenvalue weighted by Gasteiger charge is 2.36. The van der Waals surface area contributed by atoms with E-state index in [4.69, 9.17) is 14.5 Å². The lowest BCUT2D eigenvalue weighted by Gasteiger charge is -2.40. The molecule has 1 atom stereocenters. The number of aromatic nitrogens is 4. The zero-order chi connectivity index (χ0) is 23.9. The van der Waals surface area contributed by atoms with Crippen LogP contribution >= 0.6 is 0 Å². The molecular weight excluding hydrogens is 456 g/mol. The van der Waals surface area contributed by atoms with Crippen molar-refractivity contribution in [3.8, 4) is 17.2 Å². The minimum atomic E-state index is -2.91. The Morgan fingerprint density at radius 1 is 1.21 bits per heavy atom. The molecule has 0 bridgehead atoms. The Bertz CT molecular complexity index is 1290. The van der Waals surface area contributed by atoms with Gasteiger partial charge < -0.3 is 24.3 Å². The minimum Gasteiger partial charge on any atom is -0.494 e. The number of hydrogen-bond acceptors (Lipinski definition) is 9. The highest BCUT2D eigenvalue weighted by atomic mass is 32.2. The van der Waals surface area contributed by atoms with Crippen molar-refractivity contribution in [1.82, 2.24) is 19.5 Å². The number of ether oxygens (including phenoxy) is 2. The highest BCUT2D eigenvalue weighted by molar-refractivity contribution is 7.91. The summed E-state index contributed by atoms with van der Waals surface area (Å²) >= 11 is 0. The summed E-state index contributed by atoms with van der Waals surface area (Å²) in [6, 6.07) is 5.84. The Balaban J connectivity index is 1.35. The van der Waals surface area contributed by atoms with Gasteiger partial charge in [0.1, 0.15) is 22.2 Å². The molecule has 1 aromatic carbocycles. The monoisotopic (exact) mass is 484 g/mol. The molecule has 1 unspecified atom stereocenters. The smallest absolute Gasteiger partial charge is 0.229 e. The minimum absolute atomic E-state index is 0.0729. The molecule has 2 aliphatic heterocycles. The van der Waals surface area contributed by atoms with E-state index in [2.05, 4.69) is 20.2 Å². The normalized spacial score (nSPS) is 19.9. The quantitative estimate of drug-likeness (QED) is 0.584. The SMILES string of the molecule is COc1cc(Nc2ncc3c(n2)N(C)C(C2CCS(=O)(=O)CC2)CO3)ccc1-n1cnc(C)c1. The van der Waals surface area contributed by atoms with Gasteiger partial charge in [0.25, 0.3) is 0 Å². The van der Waals surface area contributed by atoms with Crippen LogP contribution in [0.3, 0.4) is 0 Å². The maximum atomic E-state index is 11.8. The first-order valence-electron chi connectivity index (χ1n) is 11.2. The number of aryl methyl sites for hydroxylation is 1. The Morgan fingerprint density at radius 2 is 2.00 bits per heavy atom. The number of likely N-dealkylation sites (N-methyl/N-ethyl adjacent to an activating group) is 1. The first-order chi connectivity index (χ1) is 16.3. The van der Waals surface area contributed by atoms with Crippen molar-refractivity contribution in [3.63, 3.8) is 0 Å². The molecule has 1 N–H and O–H groups in total. The van der Waals surface area contributed by atoms with Crippen LogP contribution in [0.5, 0.6) is 11.5 Å². The van der Waals surface area contributed by atoms with Crippen molar-refractivity contribution in [2.24, 2.45) is 5.92 Å². The molecule has 0 amide bonds. The van der Waals surface area contributed by atoms with E-state index >= 15 is 0 Å². The summed E-state index contributed by atoms with van der Waals surface area (Å²) in [5, 5.41) is 3.25. The number of sulfone groups is 1. The number of nitrogens with one attached hydrogen (secondary N) is 1. The second-order valence-corrected chi connectivity index (χ2v) is 11.1. The molecule has 34 heavy (non-hydrogen) atoms. The van der Waals surface area contributed by atoms with E-state index in [1.807, 2.05) is 42.9 Å². The molecule has 0 saturated carbocycles. The van der Waals surface area contributed by atoms with E-state index in [9.17, 15) is 8.42 Å². The Labute approximate surface area is 198 Å². The van der Waals surface area contributed by atoms with Crippen LogP contribution in [0.2, 0.25) is 0 Å². The molecule has 5 rings (SSSR count). The van der Waals surface area contributed by atoms with Crippen LogP contribution in [0.25, 0.3) is 5.69 Å². The van der Waals surface area contributed by atoms with Crippen LogP contribution in [-0.2, 0) is 9.84 Å². The highest BCUT2D eigenvalue weighted by Crippen LogP contribution is 2.36. The topological polar surface area (TPSA) is 111 Å². The number of nitrogens with zero attached hydrogens (tertiary/aromatic N) is 5. The second-order valence-electron chi connectivity index (χ2n) is 8.79. The predicted octanol–water partition coefficient (Wildman–Crippen LogP) is 2.74. The molecule has 0 aliphatic carbocycles. The van der Waals surface area contributed by atoms with Crippen LogP contribution in [0.15, 0.2) is 36.9 Å². The summed E-state index contributed by atoms with van der Waals surface area (Å²) in [5.74, 6) is 3.17. The van der Waals surface area contributed by atoms with Gasteiger partial charge in [-0.1, -0.05) is 0 Å². The van der Waals surface area contributed by atoms with Crippen molar-refractivity contribution < 1.29 is 17.9 Å². The van der Waals surface area contributed by atoms with E-state index < -0.39 is 9.84 Å². The van der Waals surface area contributed by atoms with Crippen LogP contribution in [-0.4, -0.2) is 66.2 Å². The molecule has 1 fully saturated rings.